The van der Waals surface area contributed by atoms with E-state index in [2.05, 4.69) is 32.6 Å². The lowest BCUT2D eigenvalue weighted by Crippen LogP contribution is -2.44. The molecule has 0 radical (unpaired) electrons. The van der Waals surface area contributed by atoms with Crippen LogP contribution in [0, 0.1) is 11.3 Å². The second kappa shape index (κ2) is 2.96. The van der Waals surface area contributed by atoms with Gasteiger partial charge in [0.25, 0.3) is 0 Å². The van der Waals surface area contributed by atoms with Gasteiger partial charge in [0.2, 0.25) is 0 Å². The van der Waals surface area contributed by atoms with Gasteiger partial charge in [-0.2, -0.15) is 0 Å². The Morgan fingerprint density at radius 3 is 2.43 bits per heavy atom. The first-order valence-corrected chi connectivity index (χ1v) is 5.85. The molecule has 0 spiro atoms. The fraction of sp³-hybridized carbons (Fsp3) is 1.00. The molecular formula is C12H24N2. The van der Waals surface area contributed by atoms with Gasteiger partial charge in [0, 0.05) is 24.7 Å². The van der Waals surface area contributed by atoms with E-state index < -0.39 is 0 Å². The molecular weight excluding hydrogens is 172 g/mol. The van der Waals surface area contributed by atoms with Crippen LogP contribution < -0.4 is 5.73 Å². The normalized spacial score (nSPS) is 44.4. The van der Waals surface area contributed by atoms with Gasteiger partial charge in [-0.05, 0) is 44.9 Å². The Bertz CT molecular complexity index is 231. The first-order chi connectivity index (χ1) is 6.34. The summed E-state index contributed by atoms with van der Waals surface area (Å²) < 4.78 is 0. The van der Waals surface area contributed by atoms with Crippen molar-refractivity contribution in [1.82, 2.24) is 4.90 Å². The van der Waals surface area contributed by atoms with Crippen LogP contribution in [-0.4, -0.2) is 29.6 Å². The van der Waals surface area contributed by atoms with Crippen molar-refractivity contribution in [3.8, 4) is 0 Å². The van der Waals surface area contributed by atoms with E-state index in [0.29, 0.717) is 17.0 Å². The molecule has 2 nitrogen and oxygen atoms in total. The molecule has 0 amide bonds. The topological polar surface area (TPSA) is 29.3 Å². The zero-order valence-electron chi connectivity index (χ0n) is 10.0. The molecule has 1 saturated heterocycles. The molecule has 2 fully saturated rings. The Kier molecular flexibility index (Phi) is 2.20. The highest BCUT2D eigenvalue weighted by atomic mass is 15.2. The lowest BCUT2D eigenvalue weighted by Gasteiger charge is -2.35. The van der Waals surface area contributed by atoms with Crippen molar-refractivity contribution in [2.45, 2.75) is 52.1 Å². The summed E-state index contributed by atoms with van der Waals surface area (Å²) >= 11 is 0. The first kappa shape index (κ1) is 10.4. The first-order valence-electron chi connectivity index (χ1n) is 5.85. The van der Waals surface area contributed by atoms with Crippen LogP contribution in [0.25, 0.3) is 0 Å². The van der Waals surface area contributed by atoms with E-state index >= 15 is 0 Å². The largest absolute Gasteiger partial charge is 0.327 e. The van der Waals surface area contributed by atoms with Crippen molar-refractivity contribution in [1.29, 1.82) is 0 Å². The van der Waals surface area contributed by atoms with Crippen molar-refractivity contribution < 1.29 is 0 Å². The molecule has 14 heavy (non-hydrogen) atoms. The smallest absolute Gasteiger partial charge is 0.0125 e. The fourth-order valence-corrected chi connectivity index (χ4v) is 3.14. The number of likely N-dealkylation sites (tertiary alicyclic amines) is 1. The Morgan fingerprint density at radius 2 is 1.93 bits per heavy atom. The van der Waals surface area contributed by atoms with Crippen LogP contribution in [0.5, 0.6) is 0 Å². The van der Waals surface area contributed by atoms with Crippen LogP contribution >= 0.6 is 0 Å². The summed E-state index contributed by atoms with van der Waals surface area (Å²) in [7, 11) is 0. The quantitative estimate of drug-likeness (QED) is 0.640. The summed E-state index contributed by atoms with van der Waals surface area (Å²) in [5.74, 6) is 0.844. The van der Waals surface area contributed by atoms with Gasteiger partial charge in [-0.25, -0.2) is 0 Å². The van der Waals surface area contributed by atoms with E-state index in [1.165, 1.54) is 25.9 Å². The van der Waals surface area contributed by atoms with Crippen LogP contribution in [0.2, 0.25) is 0 Å². The molecule has 0 aromatic heterocycles. The van der Waals surface area contributed by atoms with Gasteiger partial charge in [0.05, 0.1) is 0 Å². The maximum atomic E-state index is 6.23. The van der Waals surface area contributed by atoms with Gasteiger partial charge in [-0.3, -0.25) is 4.90 Å². The summed E-state index contributed by atoms with van der Waals surface area (Å²) in [6.45, 7) is 11.8. The van der Waals surface area contributed by atoms with E-state index in [0.717, 1.165) is 5.92 Å². The molecule has 0 aromatic rings. The van der Waals surface area contributed by atoms with Gasteiger partial charge >= 0.3 is 0 Å². The number of hydrogen-bond donors (Lipinski definition) is 1. The van der Waals surface area contributed by atoms with Gasteiger partial charge in [-0.1, -0.05) is 6.92 Å². The van der Waals surface area contributed by atoms with Crippen molar-refractivity contribution >= 4 is 0 Å². The Hall–Kier alpha value is -0.0800. The van der Waals surface area contributed by atoms with E-state index in [1.807, 2.05) is 0 Å². The number of fused-ring (bicyclic) bond motifs is 1. The third-order valence-corrected chi connectivity index (χ3v) is 4.53. The minimum Gasteiger partial charge on any atom is -0.327 e. The summed E-state index contributed by atoms with van der Waals surface area (Å²) in [5.41, 5.74) is 6.94. The minimum absolute atomic E-state index is 0.313. The fourth-order valence-electron chi connectivity index (χ4n) is 3.14. The molecule has 2 aliphatic rings. The van der Waals surface area contributed by atoms with E-state index in [4.69, 9.17) is 5.73 Å². The second-order valence-electron chi connectivity index (χ2n) is 6.44. The molecule has 1 aliphatic heterocycles. The molecule has 0 aromatic carbocycles. The van der Waals surface area contributed by atoms with Crippen LogP contribution in [0.15, 0.2) is 0 Å². The summed E-state index contributed by atoms with van der Waals surface area (Å²) in [4.78, 5) is 2.61. The Labute approximate surface area is 87.8 Å². The second-order valence-corrected chi connectivity index (χ2v) is 6.44. The number of rotatable bonds is 0. The molecule has 2 N–H and O–H groups in total. The van der Waals surface area contributed by atoms with Crippen LogP contribution in [0.1, 0.15) is 40.5 Å². The van der Waals surface area contributed by atoms with Crippen molar-refractivity contribution in [2.75, 3.05) is 13.1 Å². The standard InChI is InChI=1S/C12H24N2/c1-11(2,3)14-7-9-5-6-10(13)12(9,4)8-14/h9-10H,5-8,13H2,1-4H3/t9-,10?,12+/m1/s1. The molecule has 2 rings (SSSR count). The summed E-state index contributed by atoms with van der Waals surface area (Å²) in [6, 6.07) is 0.430. The lowest BCUT2D eigenvalue weighted by atomic mass is 9.80. The minimum atomic E-state index is 0.313. The predicted molar refractivity (Wildman–Crippen MR) is 60.1 cm³/mol. The van der Waals surface area contributed by atoms with Crippen LogP contribution in [0.3, 0.4) is 0 Å². The highest BCUT2D eigenvalue weighted by Gasteiger charge is 2.52. The number of nitrogens with zero attached hydrogens (tertiary/aromatic N) is 1. The maximum Gasteiger partial charge on any atom is 0.0125 e. The van der Waals surface area contributed by atoms with Crippen molar-refractivity contribution in [3.05, 3.63) is 0 Å². The summed E-state index contributed by atoms with van der Waals surface area (Å²) in [5, 5.41) is 0. The highest BCUT2D eigenvalue weighted by Crippen LogP contribution is 2.48. The third kappa shape index (κ3) is 1.40. The molecule has 3 atom stereocenters. The van der Waals surface area contributed by atoms with Gasteiger partial charge in [0.1, 0.15) is 0 Å². The van der Waals surface area contributed by atoms with Crippen molar-refractivity contribution in [3.63, 3.8) is 0 Å². The summed E-state index contributed by atoms with van der Waals surface area (Å²) in [6.07, 6.45) is 2.57. The van der Waals surface area contributed by atoms with Crippen molar-refractivity contribution in [2.24, 2.45) is 17.1 Å². The molecule has 2 heteroatoms. The van der Waals surface area contributed by atoms with E-state index in [-0.39, 0.29) is 0 Å². The average Bonchev–Trinajstić information content (AvgIpc) is 2.49. The monoisotopic (exact) mass is 196 g/mol. The van der Waals surface area contributed by atoms with Gasteiger partial charge < -0.3 is 5.73 Å². The van der Waals surface area contributed by atoms with E-state index in [9.17, 15) is 0 Å². The Balaban J connectivity index is 2.15. The molecule has 1 saturated carbocycles. The molecule has 1 aliphatic carbocycles. The maximum absolute atomic E-state index is 6.23. The average molecular weight is 196 g/mol. The highest BCUT2D eigenvalue weighted by molar-refractivity contribution is 5.06. The van der Waals surface area contributed by atoms with E-state index in [1.54, 1.807) is 0 Å². The molecule has 1 unspecified atom stereocenters. The lowest BCUT2D eigenvalue weighted by molar-refractivity contribution is 0.144. The van der Waals surface area contributed by atoms with Crippen LogP contribution in [0.4, 0.5) is 0 Å². The predicted octanol–water partition coefficient (Wildman–Crippen LogP) is 1.84. The SMILES string of the molecule is CC(C)(C)N1C[C@H]2CCC(N)[C@@]2(C)C1. The number of nitrogens with two attached hydrogens (primary N) is 1. The van der Waals surface area contributed by atoms with Crippen LogP contribution in [-0.2, 0) is 0 Å². The van der Waals surface area contributed by atoms with Gasteiger partial charge in [-0.15, -0.1) is 0 Å². The Morgan fingerprint density at radius 1 is 1.29 bits per heavy atom. The molecule has 1 heterocycles. The zero-order chi connectivity index (χ0) is 10.6. The third-order valence-electron chi connectivity index (χ3n) is 4.53. The molecule has 0 bridgehead atoms. The molecule has 82 valence electrons. The van der Waals surface area contributed by atoms with Gasteiger partial charge in [0.15, 0.2) is 0 Å². The number of hydrogen-bond acceptors (Lipinski definition) is 2. The zero-order valence-corrected chi connectivity index (χ0v) is 10.0.